The van der Waals surface area contributed by atoms with Gasteiger partial charge in [-0.3, -0.25) is 4.79 Å². The summed E-state index contributed by atoms with van der Waals surface area (Å²) in [5.74, 6) is 1.59. The average molecular weight is 326 g/mol. The molecule has 4 bridgehead atoms. The summed E-state index contributed by atoms with van der Waals surface area (Å²) in [6, 6.07) is 2.12. The molecule has 4 aliphatic carbocycles. The molecule has 6 nitrogen and oxygen atoms in total. The van der Waals surface area contributed by atoms with Gasteiger partial charge in [0.15, 0.2) is 0 Å². The molecule has 0 aliphatic heterocycles. The third-order valence-electron chi connectivity index (χ3n) is 6.54. The van der Waals surface area contributed by atoms with Gasteiger partial charge in [0.05, 0.1) is 17.4 Å². The molecule has 4 saturated carbocycles. The second-order valence-corrected chi connectivity index (χ2v) is 7.80. The van der Waals surface area contributed by atoms with Crippen LogP contribution in [0.15, 0.2) is 18.5 Å². The van der Waals surface area contributed by atoms with Crippen LogP contribution in [0.1, 0.15) is 36.0 Å². The number of carbonyl (C=O) groups excluding carboxylic acids is 1. The minimum Gasteiger partial charge on any atom is -0.392 e. The molecule has 5 N–H and O–H groups in total. The molecule has 1 unspecified atom stereocenters. The van der Waals surface area contributed by atoms with E-state index in [9.17, 15) is 9.90 Å². The maximum Gasteiger partial charge on any atom is 0.252 e. The molecule has 6 rings (SSSR count). The van der Waals surface area contributed by atoms with Crippen LogP contribution in [0.5, 0.6) is 0 Å². The van der Waals surface area contributed by atoms with Gasteiger partial charge in [-0.1, -0.05) is 0 Å². The zero-order valence-electron chi connectivity index (χ0n) is 13.4. The van der Waals surface area contributed by atoms with E-state index >= 15 is 0 Å². The van der Waals surface area contributed by atoms with Crippen molar-refractivity contribution in [2.75, 3.05) is 5.32 Å². The number of amides is 1. The molecule has 4 fully saturated rings. The lowest BCUT2D eigenvalue weighted by molar-refractivity contribution is -0.0993. The number of nitrogens with one attached hydrogen (secondary N) is 2. The molecule has 0 aromatic carbocycles. The van der Waals surface area contributed by atoms with Crippen molar-refractivity contribution in [3.05, 3.63) is 24.0 Å². The Balaban J connectivity index is 1.56. The molecule has 24 heavy (non-hydrogen) atoms. The highest BCUT2D eigenvalue weighted by atomic mass is 16.3. The van der Waals surface area contributed by atoms with E-state index in [0.717, 1.165) is 35.5 Å². The number of aromatic amines is 1. The highest BCUT2D eigenvalue weighted by Crippen LogP contribution is 2.54. The van der Waals surface area contributed by atoms with Crippen molar-refractivity contribution in [2.24, 2.45) is 29.4 Å². The van der Waals surface area contributed by atoms with E-state index in [-0.39, 0.29) is 18.1 Å². The molecule has 6 atom stereocenters. The highest BCUT2D eigenvalue weighted by molar-refractivity contribution is 6.06. The SMILES string of the molecule is NC(=O)c1cnc2[nH]ccc2c1N[C@@H]1[C@H]2CC3C[C@H](C2)[C@@H](O)[C@@H]1C3. The van der Waals surface area contributed by atoms with E-state index in [0.29, 0.717) is 17.4 Å². The van der Waals surface area contributed by atoms with E-state index in [1.807, 2.05) is 12.3 Å². The predicted molar refractivity (Wildman–Crippen MR) is 90.5 cm³/mol. The zero-order chi connectivity index (χ0) is 16.4. The fourth-order valence-electron chi connectivity index (χ4n) is 5.62. The first-order valence-electron chi connectivity index (χ1n) is 8.82. The fourth-order valence-corrected chi connectivity index (χ4v) is 5.62. The number of nitrogens with zero attached hydrogens (tertiary/aromatic N) is 1. The number of rotatable bonds is 3. The van der Waals surface area contributed by atoms with Crippen LogP contribution in [0.4, 0.5) is 5.69 Å². The summed E-state index contributed by atoms with van der Waals surface area (Å²) in [5.41, 5.74) is 7.50. The molecular weight excluding hydrogens is 304 g/mol. The molecular formula is C18H22N4O2. The summed E-state index contributed by atoms with van der Waals surface area (Å²) in [6.45, 7) is 0. The number of aromatic nitrogens is 2. The van der Waals surface area contributed by atoms with Crippen molar-refractivity contribution >= 4 is 22.6 Å². The Hall–Kier alpha value is -2.08. The molecule has 2 aromatic heterocycles. The quantitative estimate of drug-likeness (QED) is 0.691. The topological polar surface area (TPSA) is 104 Å². The Morgan fingerprint density at radius 1 is 1.29 bits per heavy atom. The van der Waals surface area contributed by atoms with Crippen molar-refractivity contribution < 1.29 is 9.90 Å². The first kappa shape index (κ1) is 14.3. The summed E-state index contributed by atoms with van der Waals surface area (Å²) >= 11 is 0. The average Bonchev–Trinajstić information content (AvgIpc) is 3.03. The molecule has 6 heteroatoms. The smallest absolute Gasteiger partial charge is 0.252 e. The Morgan fingerprint density at radius 3 is 2.96 bits per heavy atom. The van der Waals surface area contributed by atoms with Crippen molar-refractivity contribution in [1.82, 2.24) is 9.97 Å². The van der Waals surface area contributed by atoms with Crippen LogP contribution in [0, 0.1) is 23.7 Å². The molecule has 0 spiro atoms. The van der Waals surface area contributed by atoms with E-state index in [4.69, 9.17) is 5.73 Å². The van der Waals surface area contributed by atoms with Crippen LogP contribution in [-0.2, 0) is 0 Å². The predicted octanol–water partition coefficient (Wildman–Crippen LogP) is 1.87. The minimum absolute atomic E-state index is 0.200. The number of anilines is 1. The standard InChI is InChI=1S/C18H22N4O2/c19-17(24)13-7-21-18-11(1-2-20-18)15(13)22-14-9-3-8-4-10(6-9)16(23)12(14)5-8/h1-2,7-10,12,14,16,23H,3-6H2,(H2,19,24)(H2,20,21,22)/t8?,9-,10+,12+,14+,16+/m0/s1. The summed E-state index contributed by atoms with van der Waals surface area (Å²) < 4.78 is 0. The van der Waals surface area contributed by atoms with Crippen LogP contribution in [0.25, 0.3) is 11.0 Å². The molecule has 0 saturated heterocycles. The van der Waals surface area contributed by atoms with Crippen LogP contribution >= 0.6 is 0 Å². The summed E-state index contributed by atoms with van der Waals surface area (Å²) in [6.07, 6.45) is 7.71. The molecule has 2 aromatic rings. The van der Waals surface area contributed by atoms with Gasteiger partial charge in [-0.15, -0.1) is 0 Å². The van der Waals surface area contributed by atoms with E-state index in [2.05, 4.69) is 15.3 Å². The summed E-state index contributed by atoms with van der Waals surface area (Å²) in [5, 5.41) is 15.2. The zero-order valence-corrected chi connectivity index (χ0v) is 13.4. The van der Waals surface area contributed by atoms with Crippen molar-refractivity contribution in [2.45, 2.75) is 37.8 Å². The van der Waals surface area contributed by atoms with Crippen LogP contribution < -0.4 is 11.1 Å². The summed E-state index contributed by atoms with van der Waals surface area (Å²) in [4.78, 5) is 19.2. The molecule has 126 valence electrons. The third kappa shape index (κ3) is 1.92. The number of fused-ring (bicyclic) bond motifs is 1. The number of pyridine rings is 1. The molecule has 2 heterocycles. The van der Waals surface area contributed by atoms with Crippen molar-refractivity contribution in [3.63, 3.8) is 0 Å². The van der Waals surface area contributed by atoms with Crippen LogP contribution in [-0.4, -0.2) is 33.1 Å². The lowest BCUT2D eigenvalue weighted by atomic mass is 9.53. The van der Waals surface area contributed by atoms with E-state index in [1.54, 1.807) is 0 Å². The van der Waals surface area contributed by atoms with Gasteiger partial charge in [0, 0.05) is 29.7 Å². The Bertz CT molecular complexity index is 816. The van der Waals surface area contributed by atoms with Crippen LogP contribution in [0.3, 0.4) is 0 Å². The molecule has 0 radical (unpaired) electrons. The van der Waals surface area contributed by atoms with Gasteiger partial charge >= 0.3 is 0 Å². The Morgan fingerprint density at radius 2 is 2.12 bits per heavy atom. The van der Waals surface area contributed by atoms with Gasteiger partial charge in [-0.05, 0) is 49.5 Å². The largest absolute Gasteiger partial charge is 0.392 e. The van der Waals surface area contributed by atoms with Gasteiger partial charge in [0.2, 0.25) is 0 Å². The maximum absolute atomic E-state index is 11.9. The highest BCUT2D eigenvalue weighted by Gasteiger charge is 2.53. The maximum atomic E-state index is 11.9. The Kier molecular flexibility index (Phi) is 2.95. The van der Waals surface area contributed by atoms with E-state index in [1.165, 1.54) is 19.0 Å². The monoisotopic (exact) mass is 326 g/mol. The van der Waals surface area contributed by atoms with Crippen LogP contribution in [0.2, 0.25) is 0 Å². The van der Waals surface area contributed by atoms with Gasteiger partial charge in [0.25, 0.3) is 5.91 Å². The van der Waals surface area contributed by atoms with Gasteiger partial charge in [-0.25, -0.2) is 4.98 Å². The first-order valence-corrected chi connectivity index (χ1v) is 8.82. The number of carbonyl (C=O) groups is 1. The second kappa shape index (κ2) is 4.96. The summed E-state index contributed by atoms with van der Waals surface area (Å²) in [7, 11) is 0. The first-order chi connectivity index (χ1) is 11.6. The molecule has 4 aliphatic rings. The number of aliphatic hydroxyl groups excluding tert-OH is 1. The van der Waals surface area contributed by atoms with E-state index < -0.39 is 5.91 Å². The number of hydrogen-bond donors (Lipinski definition) is 4. The fraction of sp³-hybridized carbons (Fsp3) is 0.556. The van der Waals surface area contributed by atoms with Crippen molar-refractivity contribution in [1.29, 1.82) is 0 Å². The van der Waals surface area contributed by atoms with Crippen molar-refractivity contribution in [3.8, 4) is 0 Å². The van der Waals surface area contributed by atoms with Gasteiger partial charge < -0.3 is 21.1 Å². The number of primary amides is 1. The lowest BCUT2D eigenvalue weighted by Crippen LogP contribution is -2.58. The minimum atomic E-state index is -0.475. The van der Waals surface area contributed by atoms with Gasteiger partial charge in [0.1, 0.15) is 5.65 Å². The normalized spacial score (nSPS) is 37.0. The number of H-pyrrole nitrogens is 1. The lowest BCUT2D eigenvalue weighted by Gasteiger charge is -2.57. The van der Waals surface area contributed by atoms with Gasteiger partial charge in [-0.2, -0.15) is 0 Å². The Labute approximate surface area is 139 Å². The number of nitrogens with two attached hydrogens (primary N) is 1. The third-order valence-corrected chi connectivity index (χ3v) is 6.54. The number of hydrogen-bond acceptors (Lipinski definition) is 4. The second-order valence-electron chi connectivity index (χ2n) is 7.80. The molecule has 1 amide bonds. The number of aliphatic hydroxyl groups is 1.